The van der Waals surface area contributed by atoms with Crippen LogP contribution in [0.15, 0.2) is 0 Å². The van der Waals surface area contributed by atoms with Crippen molar-refractivity contribution in [3.8, 4) is 0 Å². The molecule has 0 saturated carbocycles. The van der Waals surface area contributed by atoms with Gasteiger partial charge in [0.15, 0.2) is 23.3 Å². The zero-order chi connectivity index (χ0) is 14.0. The molecule has 0 fully saturated rings. The first-order chi connectivity index (χ1) is 7.68. The molecule has 17 heavy (non-hydrogen) atoms. The molecule has 0 unspecified atom stereocenters. The number of rotatable bonds is 0. The Morgan fingerprint density at radius 3 is 1.06 bits per heavy atom. The molecule has 0 amide bonds. The van der Waals surface area contributed by atoms with Gasteiger partial charge in [0, 0.05) is 5.56 Å². The topological polar surface area (TPSA) is 0 Å². The summed E-state index contributed by atoms with van der Waals surface area (Å²) >= 11 is 0. The molecule has 0 heterocycles. The molecule has 0 aromatic heterocycles. The van der Waals surface area contributed by atoms with Crippen molar-refractivity contribution in [2.75, 3.05) is 0 Å². The van der Waals surface area contributed by atoms with Gasteiger partial charge in [-0.2, -0.15) is 0 Å². The van der Waals surface area contributed by atoms with Crippen molar-refractivity contribution in [2.24, 2.45) is 0 Å². The summed E-state index contributed by atoms with van der Waals surface area (Å²) in [6.07, 6.45) is 0. The molecule has 0 N–H and O–H groups in total. The van der Waals surface area contributed by atoms with Gasteiger partial charge in [-0.05, 0) is 5.41 Å². The van der Waals surface area contributed by atoms with Crippen LogP contribution in [-0.4, -0.2) is 0 Å². The van der Waals surface area contributed by atoms with Crippen LogP contribution in [0.3, 0.4) is 0 Å². The lowest BCUT2D eigenvalue weighted by Gasteiger charge is -2.21. The minimum absolute atomic E-state index is 0.793. The van der Waals surface area contributed by atoms with Crippen molar-refractivity contribution in [3.05, 3.63) is 34.6 Å². The van der Waals surface area contributed by atoms with E-state index in [0.717, 1.165) is 0 Å². The van der Waals surface area contributed by atoms with E-state index in [1.54, 1.807) is 0 Å². The number of halogens is 5. The summed E-state index contributed by atoms with van der Waals surface area (Å²) < 4.78 is 64.6. The van der Waals surface area contributed by atoms with E-state index in [4.69, 9.17) is 0 Å². The van der Waals surface area contributed by atoms with Gasteiger partial charge in [-0.15, -0.1) is 0 Å². The van der Waals surface area contributed by atoms with Crippen LogP contribution in [0.2, 0.25) is 0 Å². The largest absolute Gasteiger partial charge is 0.203 e. The first-order valence-electron chi connectivity index (χ1n) is 5.19. The maximum absolute atomic E-state index is 13.2. The molecule has 0 aliphatic heterocycles. The second-order valence-corrected chi connectivity index (χ2v) is 4.19. The summed E-state index contributed by atoms with van der Waals surface area (Å²) in [5, 5.41) is 0. The first kappa shape index (κ1) is 15.9. The summed E-state index contributed by atoms with van der Waals surface area (Å²) in [4.78, 5) is 0. The SMILES string of the molecule is CC.CC(C)(C)c1c(F)c(F)c(F)c(F)c1F. The molecule has 0 bridgehead atoms. The molecular formula is C12H15F5. The number of benzene rings is 1. The van der Waals surface area contributed by atoms with Gasteiger partial charge in [0.2, 0.25) is 5.82 Å². The third-order valence-corrected chi connectivity index (χ3v) is 1.96. The van der Waals surface area contributed by atoms with Crippen LogP contribution < -0.4 is 0 Å². The third kappa shape index (κ3) is 2.96. The van der Waals surface area contributed by atoms with E-state index in [2.05, 4.69) is 0 Å². The highest BCUT2D eigenvalue weighted by molar-refractivity contribution is 5.29. The Bertz CT molecular complexity index is 375. The Morgan fingerprint density at radius 2 is 0.824 bits per heavy atom. The molecule has 0 radical (unpaired) electrons. The summed E-state index contributed by atoms with van der Waals surface area (Å²) in [5.41, 5.74) is -1.94. The molecule has 1 aromatic rings. The normalized spacial score (nSPS) is 10.9. The fraction of sp³-hybridized carbons (Fsp3) is 0.500. The molecule has 0 atom stereocenters. The minimum atomic E-state index is -2.13. The fourth-order valence-electron chi connectivity index (χ4n) is 1.26. The van der Waals surface area contributed by atoms with Gasteiger partial charge in [0.25, 0.3) is 0 Å². The summed E-state index contributed by atoms with van der Waals surface area (Å²) in [7, 11) is 0. The van der Waals surface area contributed by atoms with E-state index in [9.17, 15) is 22.0 Å². The Balaban J connectivity index is 0.00000121. The van der Waals surface area contributed by atoms with Crippen molar-refractivity contribution in [3.63, 3.8) is 0 Å². The first-order valence-corrected chi connectivity index (χ1v) is 5.19. The molecule has 0 nitrogen and oxygen atoms in total. The monoisotopic (exact) mass is 254 g/mol. The van der Waals surface area contributed by atoms with Gasteiger partial charge < -0.3 is 0 Å². The van der Waals surface area contributed by atoms with Gasteiger partial charge in [0.1, 0.15) is 0 Å². The predicted octanol–water partition coefficient (Wildman–Crippen LogP) is 4.71. The van der Waals surface area contributed by atoms with Crippen molar-refractivity contribution >= 4 is 0 Å². The Kier molecular flexibility index (Phi) is 5.11. The lowest BCUT2D eigenvalue weighted by Crippen LogP contribution is -2.20. The van der Waals surface area contributed by atoms with Crippen molar-refractivity contribution in [1.29, 1.82) is 0 Å². The van der Waals surface area contributed by atoms with Crippen molar-refractivity contribution in [2.45, 2.75) is 40.0 Å². The van der Waals surface area contributed by atoms with Crippen LogP contribution in [0.5, 0.6) is 0 Å². The predicted molar refractivity (Wildman–Crippen MR) is 56.3 cm³/mol. The molecular weight excluding hydrogens is 239 g/mol. The average molecular weight is 254 g/mol. The highest BCUT2D eigenvalue weighted by Gasteiger charge is 2.31. The van der Waals surface area contributed by atoms with E-state index in [0.29, 0.717) is 0 Å². The standard InChI is InChI=1S/C10H9F5.C2H6/c1-10(2,3)4-5(11)7(13)9(15)8(14)6(4)12;1-2/h1-3H3;1-2H3. The molecule has 0 saturated heterocycles. The number of hydrogen-bond acceptors (Lipinski definition) is 0. The second kappa shape index (κ2) is 5.47. The van der Waals surface area contributed by atoms with Gasteiger partial charge in [0.05, 0.1) is 0 Å². The van der Waals surface area contributed by atoms with Gasteiger partial charge in [-0.25, -0.2) is 22.0 Å². The van der Waals surface area contributed by atoms with E-state index < -0.39 is 40.1 Å². The molecule has 1 rings (SSSR count). The lowest BCUT2D eigenvalue weighted by molar-refractivity contribution is 0.353. The lowest BCUT2D eigenvalue weighted by atomic mass is 9.86. The second-order valence-electron chi connectivity index (χ2n) is 4.19. The molecule has 1 aromatic carbocycles. The third-order valence-electron chi connectivity index (χ3n) is 1.96. The van der Waals surface area contributed by atoms with Crippen LogP contribution >= 0.6 is 0 Å². The van der Waals surface area contributed by atoms with Crippen LogP contribution in [0.25, 0.3) is 0 Å². The molecule has 0 aliphatic carbocycles. The van der Waals surface area contributed by atoms with Crippen LogP contribution in [0.1, 0.15) is 40.2 Å². The Morgan fingerprint density at radius 1 is 0.588 bits per heavy atom. The Labute approximate surface area is 97.5 Å². The molecule has 98 valence electrons. The quantitative estimate of drug-likeness (QED) is 0.357. The van der Waals surface area contributed by atoms with E-state index in [1.807, 2.05) is 13.8 Å². The van der Waals surface area contributed by atoms with Gasteiger partial charge in [-0.3, -0.25) is 0 Å². The van der Waals surface area contributed by atoms with E-state index in [-0.39, 0.29) is 0 Å². The fourth-order valence-corrected chi connectivity index (χ4v) is 1.26. The van der Waals surface area contributed by atoms with Crippen LogP contribution in [0, 0.1) is 29.1 Å². The zero-order valence-corrected chi connectivity index (χ0v) is 10.4. The van der Waals surface area contributed by atoms with Gasteiger partial charge in [-0.1, -0.05) is 34.6 Å². The highest BCUT2D eigenvalue weighted by Crippen LogP contribution is 2.32. The smallest absolute Gasteiger partial charge is 0.200 e. The van der Waals surface area contributed by atoms with Gasteiger partial charge >= 0.3 is 0 Å². The Hall–Kier alpha value is -1.13. The van der Waals surface area contributed by atoms with Crippen molar-refractivity contribution < 1.29 is 22.0 Å². The molecule has 0 aliphatic rings. The average Bonchev–Trinajstić information content (AvgIpc) is 2.25. The van der Waals surface area contributed by atoms with Crippen LogP contribution in [0.4, 0.5) is 22.0 Å². The maximum atomic E-state index is 13.2. The van der Waals surface area contributed by atoms with E-state index >= 15 is 0 Å². The van der Waals surface area contributed by atoms with Crippen molar-refractivity contribution in [1.82, 2.24) is 0 Å². The molecule has 0 spiro atoms. The summed E-state index contributed by atoms with van der Waals surface area (Å²) in [6, 6.07) is 0. The summed E-state index contributed by atoms with van der Waals surface area (Å²) in [6.45, 7) is 8.10. The minimum Gasteiger partial charge on any atom is -0.203 e. The zero-order valence-electron chi connectivity index (χ0n) is 10.4. The highest BCUT2D eigenvalue weighted by atomic mass is 19.2. The maximum Gasteiger partial charge on any atom is 0.200 e. The van der Waals surface area contributed by atoms with E-state index in [1.165, 1.54) is 20.8 Å². The number of hydrogen-bond donors (Lipinski definition) is 0. The van der Waals surface area contributed by atoms with Crippen LogP contribution in [-0.2, 0) is 5.41 Å². The molecule has 5 heteroatoms. The summed E-state index contributed by atoms with van der Waals surface area (Å²) in [5.74, 6) is -9.46.